The summed E-state index contributed by atoms with van der Waals surface area (Å²) in [7, 11) is 0. The lowest BCUT2D eigenvalue weighted by Crippen LogP contribution is -2.48. The minimum Gasteiger partial charge on any atom is -0.339 e. The van der Waals surface area contributed by atoms with Gasteiger partial charge >= 0.3 is 0 Å². The normalized spacial score (nSPS) is 27.0. The Hall–Kier alpha value is -1.24. The van der Waals surface area contributed by atoms with Crippen molar-refractivity contribution in [2.45, 2.75) is 24.9 Å². The van der Waals surface area contributed by atoms with Crippen LogP contribution in [-0.2, 0) is 9.59 Å². The highest BCUT2D eigenvalue weighted by atomic mass is 35.5. The fourth-order valence-electron chi connectivity index (χ4n) is 3.23. The van der Waals surface area contributed by atoms with E-state index in [-0.39, 0.29) is 42.2 Å². The van der Waals surface area contributed by atoms with Crippen LogP contribution in [0.5, 0.6) is 0 Å². The first-order valence-electron chi connectivity index (χ1n) is 7.52. The van der Waals surface area contributed by atoms with Crippen LogP contribution in [0.3, 0.4) is 0 Å². The summed E-state index contributed by atoms with van der Waals surface area (Å²) in [6.07, 6.45) is 0. The lowest BCUT2D eigenvalue weighted by Gasteiger charge is -2.26. The largest absolute Gasteiger partial charge is 0.339 e. The number of carbonyl (C=O) groups excluding carboxylic acids is 2. The van der Waals surface area contributed by atoms with Gasteiger partial charge in [-0.1, -0.05) is 30.3 Å². The number of hydrogen-bond donors (Lipinski definition) is 1. The smallest absolute Gasteiger partial charge is 0.246 e. The Morgan fingerprint density at radius 1 is 1.22 bits per heavy atom. The number of halogens is 1. The zero-order chi connectivity index (χ0) is 15.7. The molecule has 2 aliphatic rings. The summed E-state index contributed by atoms with van der Waals surface area (Å²) in [5.41, 5.74) is 7.43. The molecule has 3 rings (SSSR count). The number of nitrogens with two attached hydrogens (primary N) is 1. The number of nitrogens with zero attached hydrogens (tertiary/aromatic N) is 2. The molecule has 1 unspecified atom stereocenters. The van der Waals surface area contributed by atoms with Crippen molar-refractivity contribution in [3.8, 4) is 0 Å². The van der Waals surface area contributed by atoms with E-state index in [0.29, 0.717) is 24.7 Å². The number of carbonyl (C=O) groups is 2. The third kappa shape index (κ3) is 3.65. The summed E-state index contributed by atoms with van der Waals surface area (Å²) >= 11 is 1.63. The van der Waals surface area contributed by atoms with Crippen LogP contribution in [0.1, 0.15) is 18.4 Å². The van der Waals surface area contributed by atoms with E-state index >= 15 is 0 Å². The first-order valence-corrected chi connectivity index (χ1v) is 8.67. The van der Waals surface area contributed by atoms with E-state index < -0.39 is 0 Å². The molecule has 7 heteroatoms. The van der Waals surface area contributed by atoms with Gasteiger partial charge in [0.25, 0.3) is 0 Å². The summed E-state index contributed by atoms with van der Waals surface area (Å²) in [5.74, 6) is 1.46. The molecule has 3 atom stereocenters. The lowest BCUT2D eigenvalue weighted by atomic mass is 9.95. The standard InChI is InChI=1S/C16H21N3O2S.ClH/c1-11(20)19-10-22-9-15(19)16(21)18-7-13(14(17)8-18)12-5-3-2-4-6-12;/h2-6,13-15H,7-10,17H2,1H3;1H/t13-,14+,15?;/m0./s1. The molecular weight excluding hydrogens is 334 g/mol. The van der Waals surface area contributed by atoms with E-state index in [2.05, 4.69) is 12.1 Å². The molecule has 2 saturated heterocycles. The summed E-state index contributed by atoms with van der Waals surface area (Å²) in [5, 5.41) is 0. The van der Waals surface area contributed by atoms with Crippen molar-refractivity contribution in [3.63, 3.8) is 0 Å². The zero-order valence-electron chi connectivity index (χ0n) is 13.1. The topological polar surface area (TPSA) is 66.6 Å². The minimum atomic E-state index is -0.329. The Balaban J connectivity index is 0.00000192. The van der Waals surface area contributed by atoms with Crippen LogP contribution >= 0.6 is 24.2 Å². The van der Waals surface area contributed by atoms with Crippen LogP contribution in [0.2, 0.25) is 0 Å². The SMILES string of the molecule is CC(=O)N1CSCC1C(=O)N1C[C@@H](N)[C@H](c2ccccc2)C1.Cl. The van der Waals surface area contributed by atoms with Crippen molar-refractivity contribution >= 4 is 36.0 Å². The summed E-state index contributed by atoms with van der Waals surface area (Å²) in [4.78, 5) is 27.9. The van der Waals surface area contributed by atoms with Crippen molar-refractivity contribution < 1.29 is 9.59 Å². The van der Waals surface area contributed by atoms with Gasteiger partial charge in [0, 0.05) is 37.7 Å². The third-order valence-corrected chi connectivity index (χ3v) is 5.49. The Morgan fingerprint density at radius 2 is 1.91 bits per heavy atom. The number of likely N-dealkylation sites (tertiary alicyclic amines) is 1. The number of thioether (sulfide) groups is 1. The Kier molecular flexibility index (Phi) is 5.95. The second kappa shape index (κ2) is 7.55. The lowest BCUT2D eigenvalue weighted by molar-refractivity contribution is -0.141. The molecule has 2 N–H and O–H groups in total. The quantitative estimate of drug-likeness (QED) is 0.868. The average Bonchev–Trinajstić information content (AvgIpc) is 3.14. The van der Waals surface area contributed by atoms with Crippen LogP contribution < -0.4 is 5.73 Å². The maximum absolute atomic E-state index is 12.7. The van der Waals surface area contributed by atoms with E-state index in [1.165, 1.54) is 12.5 Å². The molecule has 0 aromatic heterocycles. The highest BCUT2D eigenvalue weighted by molar-refractivity contribution is 7.99. The van der Waals surface area contributed by atoms with Crippen molar-refractivity contribution in [1.82, 2.24) is 9.80 Å². The van der Waals surface area contributed by atoms with Gasteiger partial charge < -0.3 is 15.5 Å². The van der Waals surface area contributed by atoms with Crippen LogP contribution in [0, 0.1) is 0 Å². The fourth-order valence-corrected chi connectivity index (χ4v) is 4.44. The van der Waals surface area contributed by atoms with Gasteiger partial charge in [-0.3, -0.25) is 9.59 Å². The van der Waals surface area contributed by atoms with Gasteiger partial charge in [0.2, 0.25) is 11.8 Å². The predicted molar refractivity (Wildman–Crippen MR) is 94.6 cm³/mol. The van der Waals surface area contributed by atoms with Crippen LogP contribution in [-0.4, -0.2) is 58.4 Å². The van der Waals surface area contributed by atoms with Gasteiger partial charge in [0.05, 0.1) is 5.88 Å². The summed E-state index contributed by atoms with van der Waals surface area (Å²) in [6, 6.07) is 9.72. The fraction of sp³-hybridized carbons (Fsp3) is 0.500. The Morgan fingerprint density at radius 3 is 2.57 bits per heavy atom. The van der Waals surface area contributed by atoms with Crippen molar-refractivity contribution in [3.05, 3.63) is 35.9 Å². The van der Waals surface area contributed by atoms with E-state index in [9.17, 15) is 9.59 Å². The first-order chi connectivity index (χ1) is 10.6. The van der Waals surface area contributed by atoms with E-state index in [1.807, 2.05) is 23.1 Å². The van der Waals surface area contributed by atoms with Crippen molar-refractivity contribution in [2.24, 2.45) is 5.73 Å². The summed E-state index contributed by atoms with van der Waals surface area (Å²) in [6.45, 7) is 2.72. The van der Waals surface area contributed by atoms with E-state index in [0.717, 1.165) is 0 Å². The van der Waals surface area contributed by atoms with Crippen molar-refractivity contribution in [1.29, 1.82) is 0 Å². The number of benzene rings is 1. The molecule has 23 heavy (non-hydrogen) atoms. The molecular formula is C16H22ClN3O2S. The van der Waals surface area contributed by atoms with Crippen LogP contribution in [0.25, 0.3) is 0 Å². The van der Waals surface area contributed by atoms with Gasteiger partial charge in [-0.2, -0.15) is 0 Å². The predicted octanol–water partition coefficient (Wildman–Crippen LogP) is 1.28. The van der Waals surface area contributed by atoms with Gasteiger partial charge in [-0.15, -0.1) is 24.2 Å². The maximum Gasteiger partial charge on any atom is 0.246 e. The second-order valence-electron chi connectivity index (χ2n) is 5.93. The molecule has 0 spiro atoms. The molecule has 0 radical (unpaired) electrons. The van der Waals surface area contributed by atoms with E-state index in [4.69, 9.17) is 5.73 Å². The molecule has 126 valence electrons. The Labute approximate surface area is 147 Å². The number of hydrogen-bond acceptors (Lipinski definition) is 4. The molecule has 2 aliphatic heterocycles. The number of amides is 2. The molecule has 0 aliphatic carbocycles. The van der Waals surface area contributed by atoms with Crippen molar-refractivity contribution in [2.75, 3.05) is 24.7 Å². The maximum atomic E-state index is 12.7. The second-order valence-corrected chi connectivity index (χ2v) is 6.93. The highest BCUT2D eigenvalue weighted by Gasteiger charge is 2.40. The van der Waals surface area contributed by atoms with Gasteiger partial charge in [-0.25, -0.2) is 0 Å². The average molecular weight is 356 g/mol. The van der Waals surface area contributed by atoms with Crippen LogP contribution in [0.15, 0.2) is 30.3 Å². The summed E-state index contributed by atoms with van der Waals surface area (Å²) < 4.78 is 0. The molecule has 2 amide bonds. The molecule has 1 aromatic carbocycles. The first kappa shape index (κ1) is 18.1. The molecule has 0 bridgehead atoms. The van der Waals surface area contributed by atoms with Gasteiger partial charge in [0.15, 0.2) is 0 Å². The third-order valence-electron chi connectivity index (χ3n) is 4.48. The highest BCUT2D eigenvalue weighted by Crippen LogP contribution is 2.29. The number of rotatable bonds is 2. The van der Waals surface area contributed by atoms with Crippen LogP contribution in [0.4, 0.5) is 0 Å². The van der Waals surface area contributed by atoms with Gasteiger partial charge in [0.1, 0.15) is 6.04 Å². The zero-order valence-corrected chi connectivity index (χ0v) is 14.7. The molecule has 1 aromatic rings. The molecule has 2 fully saturated rings. The molecule has 2 heterocycles. The van der Waals surface area contributed by atoms with Gasteiger partial charge in [-0.05, 0) is 5.56 Å². The molecule has 5 nitrogen and oxygen atoms in total. The minimum absolute atomic E-state index is 0. The molecule has 0 saturated carbocycles. The van der Waals surface area contributed by atoms with E-state index in [1.54, 1.807) is 16.7 Å². The Bertz CT molecular complexity index is 572. The monoisotopic (exact) mass is 355 g/mol.